The number of hydrogen-bond donors (Lipinski definition) is 3. The number of nitrogens with one attached hydrogen (secondary N) is 3. The summed E-state index contributed by atoms with van der Waals surface area (Å²) in [5.74, 6) is 1.03. The molecule has 2 aliphatic rings. The van der Waals surface area contributed by atoms with Gasteiger partial charge in [0.05, 0.1) is 13.1 Å². The number of anilines is 1. The van der Waals surface area contributed by atoms with Crippen LogP contribution in [0.15, 0.2) is 59.8 Å². The van der Waals surface area contributed by atoms with Crippen LogP contribution in [0.3, 0.4) is 0 Å². The van der Waals surface area contributed by atoms with Crippen molar-refractivity contribution in [2.24, 2.45) is 4.99 Å². The molecule has 0 fully saturated rings. The molecular formula is C16H18N4. The molecule has 1 aromatic carbocycles. The normalized spacial score (nSPS) is 16.8. The van der Waals surface area contributed by atoms with Gasteiger partial charge in [-0.1, -0.05) is 30.4 Å². The maximum atomic E-state index is 4.40. The molecule has 4 heteroatoms. The van der Waals surface area contributed by atoms with E-state index in [2.05, 4.69) is 39.2 Å². The Morgan fingerprint density at radius 1 is 1.15 bits per heavy atom. The van der Waals surface area contributed by atoms with Gasteiger partial charge in [-0.2, -0.15) is 0 Å². The van der Waals surface area contributed by atoms with Crippen LogP contribution < -0.4 is 16.0 Å². The van der Waals surface area contributed by atoms with E-state index in [1.54, 1.807) is 0 Å². The molecule has 0 amide bonds. The van der Waals surface area contributed by atoms with E-state index in [1.165, 1.54) is 0 Å². The summed E-state index contributed by atoms with van der Waals surface area (Å²) in [6.07, 6.45) is 10.0. The van der Waals surface area contributed by atoms with Gasteiger partial charge in [0.15, 0.2) is 0 Å². The van der Waals surface area contributed by atoms with Crippen molar-refractivity contribution < 1.29 is 0 Å². The van der Waals surface area contributed by atoms with E-state index in [9.17, 15) is 0 Å². The first-order valence-corrected chi connectivity index (χ1v) is 6.84. The average Bonchev–Trinajstić information content (AvgIpc) is 2.86. The van der Waals surface area contributed by atoms with E-state index >= 15 is 0 Å². The maximum Gasteiger partial charge on any atom is 0.116 e. The number of amidine groups is 1. The Balaban J connectivity index is 1.78. The second-order valence-corrected chi connectivity index (χ2v) is 4.62. The maximum absolute atomic E-state index is 4.40. The first-order valence-electron chi connectivity index (χ1n) is 6.84. The van der Waals surface area contributed by atoms with Gasteiger partial charge in [-0.25, -0.2) is 0 Å². The summed E-state index contributed by atoms with van der Waals surface area (Å²) in [5.41, 5.74) is 3.34. The zero-order valence-corrected chi connectivity index (χ0v) is 11.3. The first-order chi connectivity index (χ1) is 9.93. The molecule has 3 rings (SSSR count). The largest absolute Gasteiger partial charge is 0.377 e. The fraction of sp³-hybridized carbons (Fsp3) is 0.188. The minimum atomic E-state index is 0.732. The SMILES string of the molecule is C1=CC=C(c2ccccc2NCC2=NCCN2)NC=C1. The van der Waals surface area contributed by atoms with Crippen molar-refractivity contribution in [2.45, 2.75) is 0 Å². The van der Waals surface area contributed by atoms with E-state index < -0.39 is 0 Å². The monoisotopic (exact) mass is 266 g/mol. The van der Waals surface area contributed by atoms with Gasteiger partial charge in [-0.15, -0.1) is 0 Å². The Labute approximate surface area is 119 Å². The van der Waals surface area contributed by atoms with Crippen molar-refractivity contribution in [3.63, 3.8) is 0 Å². The molecule has 0 spiro atoms. The van der Waals surface area contributed by atoms with Crippen molar-refractivity contribution in [2.75, 3.05) is 25.0 Å². The highest BCUT2D eigenvalue weighted by Gasteiger charge is 2.09. The Bertz CT molecular complexity index is 596. The van der Waals surface area contributed by atoms with Crippen molar-refractivity contribution >= 4 is 17.2 Å². The zero-order chi connectivity index (χ0) is 13.6. The molecule has 102 valence electrons. The number of allylic oxidation sites excluding steroid dienone is 4. The predicted octanol–water partition coefficient (Wildman–Crippen LogP) is 2.11. The van der Waals surface area contributed by atoms with E-state index in [0.29, 0.717) is 0 Å². The van der Waals surface area contributed by atoms with E-state index in [-0.39, 0.29) is 0 Å². The Morgan fingerprint density at radius 3 is 3.00 bits per heavy atom. The lowest BCUT2D eigenvalue weighted by atomic mass is 10.1. The highest BCUT2D eigenvalue weighted by Crippen LogP contribution is 2.22. The Kier molecular flexibility index (Phi) is 3.83. The number of benzene rings is 1. The molecular weight excluding hydrogens is 248 g/mol. The molecule has 0 saturated heterocycles. The van der Waals surface area contributed by atoms with Crippen LogP contribution in [-0.4, -0.2) is 25.5 Å². The molecule has 0 aliphatic carbocycles. The molecule has 4 nitrogen and oxygen atoms in total. The first kappa shape index (κ1) is 12.5. The fourth-order valence-corrected chi connectivity index (χ4v) is 2.24. The molecule has 2 aliphatic heterocycles. The molecule has 3 N–H and O–H groups in total. The van der Waals surface area contributed by atoms with E-state index in [1.807, 2.05) is 36.6 Å². The zero-order valence-electron chi connectivity index (χ0n) is 11.3. The van der Waals surface area contributed by atoms with E-state index in [0.717, 1.165) is 42.4 Å². The van der Waals surface area contributed by atoms with Crippen molar-refractivity contribution in [3.05, 3.63) is 60.3 Å². The van der Waals surface area contributed by atoms with Crippen molar-refractivity contribution in [1.29, 1.82) is 0 Å². The summed E-state index contributed by atoms with van der Waals surface area (Å²) in [5, 5.41) is 10.0. The second-order valence-electron chi connectivity index (χ2n) is 4.62. The molecule has 0 unspecified atom stereocenters. The lowest BCUT2D eigenvalue weighted by molar-refractivity contribution is 0.956. The van der Waals surface area contributed by atoms with Crippen LogP contribution in [0.1, 0.15) is 5.56 Å². The van der Waals surface area contributed by atoms with Gasteiger partial charge in [0.2, 0.25) is 0 Å². The summed E-state index contributed by atoms with van der Waals surface area (Å²) in [4.78, 5) is 4.40. The molecule has 1 aromatic rings. The summed E-state index contributed by atoms with van der Waals surface area (Å²) in [6, 6.07) is 8.29. The minimum Gasteiger partial charge on any atom is -0.377 e. The third-order valence-corrected chi connectivity index (χ3v) is 3.23. The summed E-state index contributed by atoms with van der Waals surface area (Å²) in [6.45, 7) is 2.55. The number of para-hydroxylation sites is 1. The lowest BCUT2D eigenvalue weighted by Crippen LogP contribution is -2.26. The highest BCUT2D eigenvalue weighted by molar-refractivity contribution is 5.88. The quantitative estimate of drug-likeness (QED) is 0.782. The van der Waals surface area contributed by atoms with Gasteiger partial charge in [-0.3, -0.25) is 4.99 Å². The smallest absolute Gasteiger partial charge is 0.116 e. The van der Waals surface area contributed by atoms with E-state index in [4.69, 9.17) is 0 Å². The topological polar surface area (TPSA) is 48.5 Å². The minimum absolute atomic E-state index is 0.732. The van der Waals surface area contributed by atoms with Gasteiger partial charge < -0.3 is 16.0 Å². The molecule has 0 aromatic heterocycles. The lowest BCUT2D eigenvalue weighted by Gasteiger charge is -2.14. The third kappa shape index (κ3) is 2.91. The van der Waals surface area contributed by atoms with Crippen LogP contribution in [0.5, 0.6) is 0 Å². The summed E-state index contributed by atoms with van der Waals surface area (Å²) < 4.78 is 0. The van der Waals surface area contributed by atoms with Crippen molar-refractivity contribution in [3.8, 4) is 0 Å². The number of hydrogen-bond acceptors (Lipinski definition) is 4. The van der Waals surface area contributed by atoms with Gasteiger partial charge in [0.1, 0.15) is 5.84 Å². The average molecular weight is 266 g/mol. The van der Waals surface area contributed by atoms with Crippen LogP contribution >= 0.6 is 0 Å². The highest BCUT2D eigenvalue weighted by atomic mass is 15.1. The second kappa shape index (κ2) is 6.10. The number of rotatable bonds is 4. The van der Waals surface area contributed by atoms with Crippen LogP contribution in [0, 0.1) is 0 Å². The molecule has 0 radical (unpaired) electrons. The predicted molar refractivity (Wildman–Crippen MR) is 84.6 cm³/mol. The summed E-state index contributed by atoms with van der Waals surface area (Å²) >= 11 is 0. The number of nitrogens with zero attached hydrogens (tertiary/aromatic N) is 1. The number of aliphatic imine (C=N–C) groups is 1. The van der Waals surface area contributed by atoms with Crippen molar-refractivity contribution in [1.82, 2.24) is 10.6 Å². The molecule has 0 saturated carbocycles. The third-order valence-electron chi connectivity index (χ3n) is 3.23. The fourth-order valence-electron chi connectivity index (χ4n) is 2.24. The Morgan fingerprint density at radius 2 is 2.10 bits per heavy atom. The van der Waals surface area contributed by atoms with Gasteiger partial charge in [0.25, 0.3) is 0 Å². The van der Waals surface area contributed by atoms with Crippen LogP contribution in [0.2, 0.25) is 0 Å². The van der Waals surface area contributed by atoms with Crippen LogP contribution in [-0.2, 0) is 0 Å². The van der Waals surface area contributed by atoms with Gasteiger partial charge in [0, 0.05) is 29.7 Å². The van der Waals surface area contributed by atoms with Gasteiger partial charge >= 0.3 is 0 Å². The van der Waals surface area contributed by atoms with Crippen LogP contribution in [0.25, 0.3) is 5.70 Å². The Hall–Kier alpha value is -2.49. The standard InChI is InChI=1S/C16H18N4/c1-2-7-14(17-9-5-1)13-6-3-4-8-15(13)20-12-16-18-10-11-19-16/h1-9,17,20H,10-12H2,(H,18,19). The summed E-state index contributed by atoms with van der Waals surface area (Å²) in [7, 11) is 0. The van der Waals surface area contributed by atoms with Crippen LogP contribution in [0.4, 0.5) is 5.69 Å². The molecule has 0 atom stereocenters. The molecule has 20 heavy (non-hydrogen) atoms. The molecule has 0 bridgehead atoms. The van der Waals surface area contributed by atoms with Gasteiger partial charge in [-0.05, 0) is 18.2 Å². The molecule has 2 heterocycles.